The molecule has 3 aromatic rings. The summed E-state index contributed by atoms with van der Waals surface area (Å²) >= 11 is 1.50. The summed E-state index contributed by atoms with van der Waals surface area (Å²) in [6.45, 7) is 5.69. The zero-order chi connectivity index (χ0) is 21.6. The van der Waals surface area contributed by atoms with Gasteiger partial charge in [0.1, 0.15) is 5.75 Å². The molecule has 7 heteroatoms. The number of benzene rings is 2. The number of fused-ring (bicyclic) bond motifs is 1. The molecule has 0 spiro atoms. The van der Waals surface area contributed by atoms with Gasteiger partial charge in [-0.1, -0.05) is 36.0 Å². The largest absolute Gasteiger partial charge is 0.497 e. The molecule has 1 amide bonds. The summed E-state index contributed by atoms with van der Waals surface area (Å²) in [6.07, 6.45) is 2.42. The van der Waals surface area contributed by atoms with E-state index in [0.29, 0.717) is 12.3 Å². The summed E-state index contributed by atoms with van der Waals surface area (Å²) in [7, 11) is 1.68. The SMILES string of the molecule is CCn1c(SCC(=O)NCC(c2ccc(OC)cc2)N2CCCC2)nc2ccccc21. The number of likely N-dealkylation sites (tertiary alicyclic amines) is 1. The van der Waals surface area contributed by atoms with Crippen molar-refractivity contribution < 1.29 is 9.53 Å². The topological polar surface area (TPSA) is 59.4 Å². The minimum absolute atomic E-state index is 0.0393. The van der Waals surface area contributed by atoms with Crippen LogP contribution in [0, 0.1) is 0 Å². The lowest BCUT2D eigenvalue weighted by atomic mass is 10.1. The van der Waals surface area contributed by atoms with Crippen LogP contribution < -0.4 is 10.1 Å². The van der Waals surface area contributed by atoms with Crippen molar-refractivity contribution in [3.8, 4) is 5.75 Å². The van der Waals surface area contributed by atoms with Gasteiger partial charge in [-0.3, -0.25) is 9.69 Å². The smallest absolute Gasteiger partial charge is 0.230 e. The van der Waals surface area contributed by atoms with Gasteiger partial charge in [-0.05, 0) is 62.7 Å². The molecular formula is C24H30N4O2S. The Hall–Kier alpha value is -2.51. The standard InChI is InChI=1S/C24H30N4O2S/c1-3-28-21-9-5-4-8-20(21)26-24(28)31-17-23(29)25-16-22(27-14-6-7-15-27)18-10-12-19(30-2)13-11-18/h4-5,8-13,22H,3,6-7,14-17H2,1-2H3,(H,25,29). The molecule has 1 fully saturated rings. The number of hydrogen-bond donors (Lipinski definition) is 1. The van der Waals surface area contributed by atoms with Gasteiger partial charge in [-0.25, -0.2) is 4.98 Å². The fraction of sp³-hybridized carbons (Fsp3) is 0.417. The fourth-order valence-corrected chi connectivity index (χ4v) is 5.11. The molecule has 0 aliphatic carbocycles. The Bertz CT molecular complexity index is 1010. The predicted molar refractivity (Wildman–Crippen MR) is 126 cm³/mol. The number of nitrogens with zero attached hydrogens (tertiary/aromatic N) is 3. The molecule has 6 nitrogen and oxygen atoms in total. The zero-order valence-corrected chi connectivity index (χ0v) is 19.0. The van der Waals surface area contributed by atoms with Crippen LogP contribution in [-0.4, -0.2) is 52.9 Å². The maximum Gasteiger partial charge on any atom is 0.230 e. The maximum atomic E-state index is 12.7. The highest BCUT2D eigenvalue weighted by molar-refractivity contribution is 7.99. The average molecular weight is 439 g/mol. The maximum absolute atomic E-state index is 12.7. The number of methoxy groups -OCH3 is 1. The third kappa shape index (κ3) is 5.05. The van der Waals surface area contributed by atoms with Crippen molar-refractivity contribution in [1.82, 2.24) is 19.8 Å². The minimum atomic E-state index is 0.0393. The lowest BCUT2D eigenvalue weighted by Gasteiger charge is -2.28. The van der Waals surface area contributed by atoms with E-state index >= 15 is 0 Å². The van der Waals surface area contributed by atoms with Gasteiger partial charge >= 0.3 is 0 Å². The predicted octanol–water partition coefficient (Wildman–Crippen LogP) is 4.11. The molecule has 2 heterocycles. The number of thioether (sulfide) groups is 1. The van der Waals surface area contributed by atoms with Gasteiger partial charge in [-0.2, -0.15) is 0 Å². The number of amides is 1. The van der Waals surface area contributed by atoms with Crippen molar-refractivity contribution in [1.29, 1.82) is 0 Å². The Balaban J connectivity index is 1.38. The minimum Gasteiger partial charge on any atom is -0.497 e. The second-order valence-corrected chi connectivity index (χ2v) is 8.69. The summed E-state index contributed by atoms with van der Waals surface area (Å²) < 4.78 is 7.46. The number of nitrogens with one attached hydrogen (secondary N) is 1. The van der Waals surface area contributed by atoms with Crippen molar-refractivity contribution in [3.63, 3.8) is 0 Å². The van der Waals surface area contributed by atoms with E-state index in [-0.39, 0.29) is 11.9 Å². The second kappa shape index (κ2) is 10.2. The summed E-state index contributed by atoms with van der Waals surface area (Å²) in [4.78, 5) is 19.8. The van der Waals surface area contributed by atoms with Crippen molar-refractivity contribution in [3.05, 3.63) is 54.1 Å². The van der Waals surface area contributed by atoms with Gasteiger partial charge in [0.2, 0.25) is 5.91 Å². The highest BCUT2D eigenvalue weighted by Gasteiger charge is 2.24. The number of ether oxygens (including phenoxy) is 1. The number of para-hydroxylation sites is 2. The summed E-state index contributed by atoms with van der Waals surface area (Å²) in [6, 6.07) is 16.5. The molecule has 0 bridgehead atoms. The molecule has 1 aromatic heterocycles. The van der Waals surface area contributed by atoms with E-state index in [4.69, 9.17) is 9.72 Å². The van der Waals surface area contributed by atoms with Crippen LogP contribution in [0.5, 0.6) is 5.75 Å². The Morgan fingerprint density at radius 1 is 1.16 bits per heavy atom. The molecule has 1 aliphatic heterocycles. The molecule has 1 unspecified atom stereocenters. The van der Waals surface area contributed by atoms with Gasteiger partial charge in [0.25, 0.3) is 0 Å². The van der Waals surface area contributed by atoms with Crippen LogP contribution in [0.3, 0.4) is 0 Å². The fourth-order valence-electron chi connectivity index (χ4n) is 4.20. The quantitative estimate of drug-likeness (QED) is 0.510. The van der Waals surface area contributed by atoms with E-state index in [2.05, 4.69) is 39.9 Å². The van der Waals surface area contributed by atoms with E-state index in [1.165, 1.54) is 30.2 Å². The molecule has 164 valence electrons. The molecule has 2 aromatic carbocycles. The van der Waals surface area contributed by atoms with E-state index in [0.717, 1.165) is 41.6 Å². The first-order chi connectivity index (χ1) is 15.2. The monoisotopic (exact) mass is 438 g/mol. The van der Waals surface area contributed by atoms with E-state index in [1.807, 2.05) is 30.3 Å². The lowest BCUT2D eigenvalue weighted by molar-refractivity contribution is -0.118. The Morgan fingerprint density at radius 2 is 1.90 bits per heavy atom. The van der Waals surface area contributed by atoms with E-state index in [1.54, 1.807) is 7.11 Å². The second-order valence-electron chi connectivity index (χ2n) is 7.75. The number of aromatic nitrogens is 2. The Labute approximate surface area is 188 Å². The Kier molecular flexibility index (Phi) is 7.14. The summed E-state index contributed by atoms with van der Waals surface area (Å²) in [5.41, 5.74) is 3.30. The number of rotatable bonds is 9. The van der Waals surface area contributed by atoms with Gasteiger partial charge in [0.05, 0.1) is 29.9 Å². The van der Waals surface area contributed by atoms with Crippen LogP contribution in [0.4, 0.5) is 0 Å². The first-order valence-electron chi connectivity index (χ1n) is 10.9. The van der Waals surface area contributed by atoms with Crippen molar-refractivity contribution >= 4 is 28.7 Å². The van der Waals surface area contributed by atoms with Crippen LogP contribution in [0.1, 0.15) is 31.4 Å². The van der Waals surface area contributed by atoms with E-state index < -0.39 is 0 Å². The molecule has 1 aliphatic rings. The van der Waals surface area contributed by atoms with Crippen LogP contribution in [0.25, 0.3) is 11.0 Å². The van der Waals surface area contributed by atoms with Gasteiger partial charge < -0.3 is 14.6 Å². The molecular weight excluding hydrogens is 408 g/mol. The molecule has 4 rings (SSSR count). The highest BCUT2D eigenvalue weighted by atomic mass is 32.2. The van der Waals surface area contributed by atoms with Crippen LogP contribution in [0.2, 0.25) is 0 Å². The molecule has 0 radical (unpaired) electrons. The number of carbonyl (C=O) groups excluding carboxylic acids is 1. The summed E-state index contributed by atoms with van der Waals surface area (Å²) in [5.74, 6) is 1.25. The molecule has 31 heavy (non-hydrogen) atoms. The van der Waals surface area contributed by atoms with Gasteiger partial charge in [0, 0.05) is 13.1 Å². The van der Waals surface area contributed by atoms with Crippen molar-refractivity contribution in [2.24, 2.45) is 0 Å². The van der Waals surface area contributed by atoms with Crippen LogP contribution in [-0.2, 0) is 11.3 Å². The first kappa shape index (κ1) is 21.7. The average Bonchev–Trinajstić information content (AvgIpc) is 3.46. The number of aryl methyl sites for hydroxylation is 1. The first-order valence-corrected chi connectivity index (χ1v) is 11.9. The Morgan fingerprint density at radius 3 is 2.61 bits per heavy atom. The highest BCUT2D eigenvalue weighted by Crippen LogP contribution is 2.27. The molecule has 1 N–H and O–H groups in total. The number of imidazole rings is 1. The van der Waals surface area contributed by atoms with Crippen LogP contribution in [0.15, 0.2) is 53.7 Å². The zero-order valence-electron chi connectivity index (χ0n) is 18.2. The third-order valence-corrected chi connectivity index (χ3v) is 6.82. The normalized spacial score (nSPS) is 15.3. The lowest BCUT2D eigenvalue weighted by Crippen LogP contribution is -2.37. The summed E-state index contributed by atoms with van der Waals surface area (Å²) in [5, 5.41) is 4.05. The van der Waals surface area contributed by atoms with Crippen molar-refractivity contribution in [2.45, 2.75) is 37.5 Å². The number of carbonyl (C=O) groups is 1. The van der Waals surface area contributed by atoms with Gasteiger partial charge in [-0.15, -0.1) is 0 Å². The van der Waals surface area contributed by atoms with Crippen molar-refractivity contribution in [2.75, 3.05) is 32.5 Å². The third-order valence-electron chi connectivity index (χ3n) is 5.84. The van der Waals surface area contributed by atoms with Gasteiger partial charge in [0.15, 0.2) is 5.16 Å². The molecule has 0 saturated carbocycles. The van der Waals surface area contributed by atoms with Crippen LogP contribution >= 0.6 is 11.8 Å². The molecule has 1 atom stereocenters. The number of hydrogen-bond acceptors (Lipinski definition) is 5. The molecule has 1 saturated heterocycles. The van der Waals surface area contributed by atoms with E-state index in [9.17, 15) is 4.79 Å².